The van der Waals surface area contributed by atoms with Crippen LogP contribution in [0.15, 0.2) is 6.20 Å². The minimum atomic E-state index is -0.178. The number of nitrogens with zero attached hydrogens (tertiary/aromatic N) is 2. The molecule has 6 nitrogen and oxygen atoms in total. The van der Waals surface area contributed by atoms with Crippen LogP contribution >= 0.6 is 0 Å². The first kappa shape index (κ1) is 10.1. The third-order valence-electron chi connectivity index (χ3n) is 2.47. The molecule has 0 bridgehead atoms. The predicted octanol–water partition coefficient (Wildman–Crippen LogP) is 0.102. The van der Waals surface area contributed by atoms with Crippen LogP contribution in [-0.2, 0) is 4.74 Å². The van der Waals surface area contributed by atoms with Crippen LogP contribution in [0.25, 0.3) is 0 Å². The van der Waals surface area contributed by atoms with Crippen LogP contribution in [0.5, 0.6) is 0 Å². The number of rotatable bonds is 2. The van der Waals surface area contributed by atoms with E-state index in [4.69, 9.17) is 4.74 Å². The number of H-pyrrole nitrogens is 1. The molecule has 2 atom stereocenters. The minimum absolute atomic E-state index is 0.178. The molecule has 0 aliphatic carbocycles. The van der Waals surface area contributed by atoms with Crippen molar-refractivity contribution in [3.05, 3.63) is 11.9 Å². The van der Waals surface area contributed by atoms with Gasteiger partial charge in [0.2, 0.25) is 0 Å². The van der Waals surface area contributed by atoms with E-state index in [2.05, 4.69) is 20.7 Å². The number of aromatic amines is 1. The molecule has 0 saturated carbocycles. The molecular formula is C9H14N4O2. The van der Waals surface area contributed by atoms with Crippen LogP contribution in [0.1, 0.15) is 30.3 Å². The van der Waals surface area contributed by atoms with Crippen molar-refractivity contribution in [3.8, 4) is 0 Å². The minimum Gasteiger partial charge on any atom is -0.378 e. The predicted molar refractivity (Wildman–Crippen MR) is 52.3 cm³/mol. The molecule has 0 radical (unpaired) electrons. The number of hydrogen-bond donors (Lipinski definition) is 2. The van der Waals surface area contributed by atoms with Gasteiger partial charge in [0, 0.05) is 12.6 Å². The van der Waals surface area contributed by atoms with Crippen molar-refractivity contribution in [2.24, 2.45) is 0 Å². The van der Waals surface area contributed by atoms with E-state index in [1.165, 1.54) is 6.20 Å². The van der Waals surface area contributed by atoms with Crippen molar-refractivity contribution in [1.29, 1.82) is 0 Å². The Morgan fingerprint density at radius 2 is 2.60 bits per heavy atom. The molecule has 6 heteroatoms. The Hall–Kier alpha value is -1.43. The van der Waals surface area contributed by atoms with Crippen molar-refractivity contribution in [2.75, 3.05) is 6.61 Å². The van der Waals surface area contributed by atoms with E-state index in [0.29, 0.717) is 12.3 Å². The molecule has 82 valence electrons. The fourth-order valence-electron chi connectivity index (χ4n) is 1.70. The highest BCUT2D eigenvalue weighted by Crippen LogP contribution is 2.13. The van der Waals surface area contributed by atoms with E-state index in [1.54, 1.807) is 0 Å². The van der Waals surface area contributed by atoms with Gasteiger partial charge in [0.25, 0.3) is 5.91 Å². The zero-order valence-electron chi connectivity index (χ0n) is 8.56. The van der Waals surface area contributed by atoms with E-state index < -0.39 is 0 Å². The van der Waals surface area contributed by atoms with E-state index in [1.807, 2.05) is 6.92 Å². The van der Waals surface area contributed by atoms with Gasteiger partial charge in [-0.1, -0.05) is 0 Å². The number of aromatic nitrogens is 3. The zero-order chi connectivity index (χ0) is 10.7. The van der Waals surface area contributed by atoms with Crippen molar-refractivity contribution in [1.82, 2.24) is 20.7 Å². The van der Waals surface area contributed by atoms with Gasteiger partial charge in [0.15, 0.2) is 5.69 Å². The quantitative estimate of drug-likeness (QED) is 0.725. The summed E-state index contributed by atoms with van der Waals surface area (Å²) in [5.41, 5.74) is 0.328. The summed E-state index contributed by atoms with van der Waals surface area (Å²) in [7, 11) is 0. The molecule has 1 saturated heterocycles. The van der Waals surface area contributed by atoms with Gasteiger partial charge in [-0.3, -0.25) is 4.79 Å². The lowest BCUT2D eigenvalue weighted by molar-refractivity contribution is 0.0136. The van der Waals surface area contributed by atoms with Crippen LogP contribution in [0.2, 0.25) is 0 Å². The Morgan fingerprint density at radius 3 is 3.27 bits per heavy atom. The van der Waals surface area contributed by atoms with E-state index in [9.17, 15) is 4.79 Å². The van der Waals surface area contributed by atoms with Crippen molar-refractivity contribution < 1.29 is 9.53 Å². The Kier molecular flexibility index (Phi) is 2.96. The fourth-order valence-corrected chi connectivity index (χ4v) is 1.70. The van der Waals surface area contributed by atoms with Gasteiger partial charge in [0.05, 0.1) is 12.3 Å². The first-order chi connectivity index (χ1) is 7.25. The molecule has 1 aliphatic heterocycles. The second-order valence-electron chi connectivity index (χ2n) is 3.73. The molecule has 0 spiro atoms. The fraction of sp³-hybridized carbons (Fsp3) is 0.667. The number of hydrogen-bond acceptors (Lipinski definition) is 4. The first-order valence-corrected chi connectivity index (χ1v) is 5.04. The van der Waals surface area contributed by atoms with E-state index in [0.717, 1.165) is 12.8 Å². The average Bonchev–Trinajstić information content (AvgIpc) is 2.70. The molecule has 1 aromatic heterocycles. The van der Waals surface area contributed by atoms with Crippen LogP contribution in [0, 0.1) is 0 Å². The standard InChI is InChI=1S/C9H14N4O2/c1-6-4-7(2-3-15-6)11-9(14)8-5-10-13-12-8/h5-7H,2-4H2,1H3,(H,11,14)(H,10,12,13). The summed E-state index contributed by atoms with van der Waals surface area (Å²) < 4.78 is 5.39. The number of carbonyl (C=O) groups is 1. The number of nitrogens with one attached hydrogen (secondary N) is 2. The average molecular weight is 210 g/mol. The molecule has 1 amide bonds. The maximum atomic E-state index is 11.6. The summed E-state index contributed by atoms with van der Waals surface area (Å²) in [6.45, 7) is 2.71. The Labute approximate surface area is 87.4 Å². The van der Waals surface area contributed by atoms with Gasteiger partial charge in [-0.15, -0.1) is 0 Å². The molecule has 1 aromatic rings. The maximum Gasteiger partial charge on any atom is 0.273 e. The van der Waals surface area contributed by atoms with Gasteiger partial charge in [-0.05, 0) is 19.8 Å². The van der Waals surface area contributed by atoms with Crippen molar-refractivity contribution in [3.63, 3.8) is 0 Å². The Morgan fingerprint density at radius 1 is 1.73 bits per heavy atom. The molecule has 2 N–H and O–H groups in total. The topological polar surface area (TPSA) is 79.9 Å². The first-order valence-electron chi connectivity index (χ1n) is 5.04. The van der Waals surface area contributed by atoms with Crippen LogP contribution < -0.4 is 5.32 Å². The molecule has 1 aliphatic rings. The highest BCUT2D eigenvalue weighted by Gasteiger charge is 2.21. The number of amides is 1. The molecule has 0 aromatic carbocycles. The zero-order valence-corrected chi connectivity index (χ0v) is 8.56. The maximum absolute atomic E-state index is 11.6. The summed E-state index contributed by atoms with van der Waals surface area (Å²) in [6.07, 6.45) is 3.33. The lowest BCUT2D eigenvalue weighted by atomic mass is 10.0. The Balaban J connectivity index is 1.89. The Bertz CT molecular complexity index is 325. The summed E-state index contributed by atoms with van der Waals surface area (Å²) in [5.74, 6) is -0.178. The lowest BCUT2D eigenvalue weighted by Gasteiger charge is -2.27. The summed E-state index contributed by atoms with van der Waals surface area (Å²) in [5, 5.41) is 12.6. The monoisotopic (exact) mass is 210 g/mol. The largest absolute Gasteiger partial charge is 0.378 e. The third kappa shape index (κ3) is 2.53. The highest BCUT2D eigenvalue weighted by molar-refractivity contribution is 5.91. The van der Waals surface area contributed by atoms with Crippen LogP contribution in [0.3, 0.4) is 0 Å². The molecule has 15 heavy (non-hydrogen) atoms. The second-order valence-corrected chi connectivity index (χ2v) is 3.73. The highest BCUT2D eigenvalue weighted by atomic mass is 16.5. The molecule has 1 fully saturated rings. The summed E-state index contributed by atoms with van der Waals surface area (Å²) >= 11 is 0. The molecule has 2 heterocycles. The van der Waals surface area contributed by atoms with Crippen LogP contribution in [-0.4, -0.2) is 40.1 Å². The van der Waals surface area contributed by atoms with Gasteiger partial charge < -0.3 is 10.1 Å². The SMILES string of the molecule is CC1CC(NC(=O)c2cn[nH]n2)CCO1. The molecular weight excluding hydrogens is 196 g/mol. The van der Waals surface area contributed by atoms with Gasteiger partial charge in [-0.2, -0.15) is 15.4 Å². The van der Waals surface area contributed by atoms with Crippen molar-refractivity contribution in [2.45, 2.75) is 31.9 Å². The smallest absolute Gasteiger partial charge is 0.273 e. The number of carbonyl (C=O) groups excluding carboxylic acids is 1. The lowest BCUT2D eigenvalue weighted by Crippen LogP contribution is -2.41. The second kappa shape index (κ2) is 4.39. The van der Waals surface area contributed by atoms with Gasteiger partial charge >= 0.3 is 0 Å². The van der Waals surface area contributed by atoms with Gasteiger partial charge in [-0.25, -0.2) is 0 Å². The van der Waals surface area contributed by atoms with E-state index in [-0.39, 0.29) is 18.1 Å². The van der Waals surface area contributed by atoms with Crippen LogP contribution in [0.4, 0.5) is 0 Å². The summed E-state index contributed by atoms with van der Waals surface area (Å²) in [6, 6.07) is 0.179. The number of ether oxygens (including phenoxy) is 1. The summed E-state index contributed by atoms with van der Waals surface area (Å²) in [4.78, 5) is 11.6. The third-order valence-corrected chi connectivity index (χ3v) is 2.47. The van der Waals surface area contributed by atoms with Gasteiger partial charge in [0.1, 0.15) is 0 Å². The molecule has 2 rings (SSSR count). The molecule has 2 unspecified atom stereocenters. The van der Waals surface area contributed by atoms with E-state index >= 15 is 0 Å². The van der Waals surface area contributed by atoms with Crippen molar-refractivity contribution >= 4 is 5.91 Å². The normalized spacial score (nSPS) is 26.2.